The van der Waals surface area contributed by atoms with E-state index in [-0.39, 0.29) is 11.4 Å². The van der Waals surface area contributed by atoms with Crippen LogP contribution in [0.2, 0.25) is 0 Å². The van der Waals surface area contributed by atoms with Crippen molar-refractivity contribution < 1.29 is 22.3 Å². The van der Waals surface area contributed by atoms with Crippen LogP contribution in [0.3, 0.4) is 0 Å². The molecule has 7 nitrogen and oxygen atoms in total. The van der Waals surface area contributed by atoms with Crippen LogP contribution in [-0.2, 0) is 0 Å². The number of benzene rings is 2. The van der Waals surface area contributed by atoms with E-state index in [2.05, 4.69) is 20.0 Å². The molecule has 3 aromatic rings. The van der Waals surface area contributed by atoms with Gasteiger partial charge in [0, 0.05) is 37.6 Å². The van der Waals surface area contributed by atoms with Crippen molar-refractivity contribution in [2.45, 2.75) is 12.3 Å². The lowest BCUT2D eigenvalue weighted by Gasteiger charge is -2.37. The smallest absolute Gasteiger partial charge is 0.347 e. The summed E-state index contributed by atoms with van der Waals surface area (Å²) in [5, 5.41) is 6.08. The third-order valence-electron chi connectivity index (χ3n) is 5.28. The van der Waals surface area contributed by atoms with Crippen LogP contribution in [0.5, 0.6) is 5.75 Å². The first kappa shape index (κ1) is 21.7. The van der Waals surface area contributed by atoms with Gasteiger partial charge in [0.05, 0.1) is 5.69 Å². The number of ether oxygens (including phenoxy) is 1. The van der Waals surface area contributed by atoms with Crippen molar-refractivity contribution in [3.8, 4) is 11.4 Å². The second-order valence-electron chi connectivity index (χ2n) is 7.37. The Hall–Kier alpha value is -3.50. The molecule has 1 aliphatic rings. The average Bonchev–Trinajstić information content (AvgIpc) is 3.24. The van der Waals surface area contributed by atoms with Crippen LogP contribution in [0.4, 0.5) is 28.9 Å². The van der Waals surface area contributed by atoms with E-state index >= 15 is 0 Å². The van der Waals surface area contributed by atoms with Crippen molar-refractivity contribution in [2.75, 3.05) is 42.6 Å². The van der Waals surface area contributed by atoms with Gasteiger partial charge in [-0.05, 0) is 48.5 Å². The molecule has 1 aromatic heterocycles. The van der Waals surface area contributed by atoms with Gasteiger partial charge in [-0.2, -0.15) is 13.9 Å². The van der Waals surface area contributed by atoms with Gasteiger partial charge in [0.2, 0.25) is 0 Å². The Labute approximate surface area is 180 Å². The van der Waals surface area contributed by atoms with Crippen LogP contribution in [-0.4, -0.2) is 59.9 Å². The maximum Gasteiger partial charge on any atom is 0.347 e. The average molecular weight is 451 g/mol. The molecule has 0 spiro atoms. The second-order valence-corrected chi connectivity index (χ2v) is 7.37. The molecule has 0 saturated carbocycles. The Morgan fingerprint density at radius 2 is 1.41 bits per heavy atom. The molecule has 0 bridgehead atoms. The van der Waals surface area contributed by atoms with Gasteiger partial charge in [-0.25, -0.2) is 23.2 Å². The van der Waals surface area contributed by atoms with Gasteiger partial charge in [-0.15, -0.1) is 0 Å². The van der Waals surface area contributed by atoms with Gasteiger partial charge in [-0.1, -0.05) is 0 Å². The molecular weight excluding hydrogens is 430 g/mol. The van der Waals surface area contributed by atoms with Gasteiger partial charge in [0.25, 0.3) is 0 Å². The minimum atomic E-state index is -4.18. The summed E-state index contributed by atoms with van der Waals surface area (Å²) in [6.45, 7) is 1.66. The Morgan fingerprint density at radius 3 is 1.88 bits per heavy atom. The van der Waals surface area contributed by atoms with Gasteiger partial charge >= 0.3 is 18.0 Å². The van der Waals surface area contributed by atoms with E-state index in [1.807, 2.05) is 24.3 Å². The van der Waals surface area contributed by atoms with Crippen LogP contribution >= 0.6 is 0 Å². The largest absolute Gasteiger partial charge is 0.487 e. The Kier molecular flexibility index (Phi) is 6.06. The fourth-order valence-electron chi connectivity index (χ4n) is 3.47. The summed E-state index contributed by atoms with van der Waals surface area (Å²) in [7, 11) is 0. The number of piperazine rings is 1. The summed E-state index contributed by atoms with van der Waals surface area (Å²) in [5.41, 5.74) is 2.35. The summed E-state index contributed by atoms with van der Waals surface area (Å²) in [4.78, 5) is 16.0. The van der Waals surface area contributed by atoms with Crippen molar-refractivity contribution in [1.82, 2.24) is 14.8 Å². The lowest BCUT2D eigenvalue weighted by molar-refractivity contribution is -0.148. The predicted octanol–water partition coefficient (Wildman–Crippen LogP) is 3.17. The summed E-state index contributed by atoms with van der Waals surface area (Å²) >= 11 is 0. The van der Waals surface area contributed by atoms with Gasteiger partial charge in [0.1, 0.15) is 12.1 Å². The fourth-order valence-corrected chi connectivity index (χ4v) is 3.47. The van der Waals surface area contributed by atoms with Crippen molar-refractivity contribution in [2.24, 2.45) is 0 Å². The van der Waals surface area contributed by atoms with Crippen molar-refractivity contribution in [3.05, 3.63) is 65.3 Å². The zero-order valence-corrected chi connectivity index (χ0v) is 16.9. The highest BCUT2D eigenvalue weighted by atomic mass is 19.3. The molecule has 0 aliphatic carbocycles. The van der Waals surface area contributed by atoms with E-state index in [0.29, 0.717) is 0 Å². The van der Waals surface area contributed by atoms with E-state index in [0.717, 1.165) is 43.2 Å². The Balaban J connectivity index is 1.32. The minimum Gasteiger partial charge on any atom is -0.487 e. The highest BCUT2D eigenvalue weighted by Crippen LogP contribution is 2.26. The van der Waals surface area contributed by atoms with Gasteiger partial charge in [0.15, 0.2) is 6.61 Å². The Bertz CT molecular complexity index is 1070. The van der Waals surface area contributed by atoms with Crippen LogP contribution in [0.25, 0.3) is 5.69 Å². The van der Waals surface area contributed by atoms with Crippen LogP contribution < -0.4 is 20.2 Å². The first-order valence-electron chi connectivity index (χ1n) is 9.95. The molecule has 0 unspecified atom stereocenters. The number of nitrogens with zero attached hydrogens (tertiary/aromatic N) is 4. The number of rotatable bonds is 7. The summed E-state index contributed by atoms with van der Waals surface area (Å²) < 4.78 is 56.6. The van der Waals surface area contributed by atoms with Crippen LogP contribution in [0.1, 0.15) is 0 Å². The first-order valence-corrected chi connectivity index (χ1v) is 9.95. The quantitative estimate of drug-likeness (QED) is 0.559. The molecular formula is C21H21F4N5O2. The van der Waals surface area contributed by atoms with Crippen LogP contribution in [0, 0.1) is 0 Å². The van der Waals surface area contributed by atoms with Crippen molar-refractivity contribution in [1.29, 1.82) is 0 Å². The maximum absolute atomic E-state index is 13.0. The molecule has 11 heteroatoms. The molecule has 0 amide bonds. The summed E-state index contributed by atoms with van der Waals surface area (Å²) in [5.74, 6) is -4.06. The number of halogens is 4. The number of aromatic nitrogens is 3. The lowest BCUT2D eigenvalue weighted by atomic mass is 10.2. The molecule has 1 N–H and O–H groups in total. The molecule has 32 heavy (non-hydrogen) atoms. The summed E-state index contributed by atoms with van der Waals surface area (Å²) in [6.07, 6.45) is -2.33. The number of anilines is 2. The number of hydrogen-bond donors (Lipinski definition) is 1. The normalized spacial score (nSPS) is 14.8. The van der Waals surface area contributed by atoms with E-state index in [9.17, 15) is 22.4 Å². The highest BCUT2D eigenvalue weighted by molar-refractivity contribution is 5.54. The standard InChI is InChI=1S/C21H21F4N5O2/c22-19(23)21(24,25)13-32-18-7-5-16(6-8-18)29-11-9-28(10-12-29)15-1-3-17(4-2-15)30-14-26-27-20(30)31/h1-8,14,19H,9-13H2,(H,27,31). The molecule has 1 saturated heterocycles. The third-order valence-corrected chi connectivity index (χ3v) is 5.28. The molecule has 2 aromatic carbocycles. The zero-order chi connectivity index (χ0) is 22.7. The van der Waals surface area contributed by atoms with Gasteiger partial charge < -0.3 is 14.5 Å². The van der Waals surface area contributed by atoms with E-state index < -0.39 is 19.0 Å². The van der Waals surface area contributed by atoms with Crippen molar-refractivity contribution in [3.63, 3.8) is 0 Å². The highest BCUT2D eigenvalue weighted by Gasteiger charge is 2.41. The summed E-state index contributed by atoms with van der Waals surface area (Å²) in [6, 6.07) is 14.1. The van der Waals surface area contributed by atoms with Gasteiger partial charge in [-0.3, -0.25) is 0 Å². The molecule has 0 atom stereocenters. The van der Waals surface area contributed by atoms with Crippen LogP contribution in [0.15, 0.2) is 59.7 Å². The lowest BCUT2D eigenvalue weighted by Crippen LogP contribution is -2.46. The number of H-pyrrole nitrogens is 1. The monoisotopic (exact) mass is 451 g/mol. The van der Waals surface area contributed by atoms with E-state index in [1.54, 1.807) is 12.1 Å². The first-order chi connectivity index (χ1) is 15.3. The van der Waals surface area contributed by atoms with E-state index in [4.69, 9.17) is 4.74 Å². The minimum absolute atomic E-state index is 0.115. The molecule has 1 fully saturated rings. The zero-order valence-electron chi connectivity index (χ0n) is 16.9. The molecule has 0 radical (unpaired) electrons. The fraction of sp³-hybridized carbons (Fsp3) is 0.333. The molecule has 2 heterocycles. The number of aromatic amines is 1. The van der Waals surface area contributed by atoms with E-state index in [1.165, 1.54) is 23.0 Å². The Morgan fingerprint density at radius 1 is 0.906 bits per heavy atom. The molecule has 170 valence electrons. The van der Waals surface area contributed by atoms with Crippen molar-refractivity contribution >= 4 is 11.4 Å². The second kappa shape index (κ2) is 8.93. The third kappa shape index (κ3) is 4.71. The maximum atomic E-state index is 13.0. The topological polar surface area (TPSA) is 66.4 Å². The number of hydrogen-bond acceptors (Lipinski definition) is 5. The number of alkyl halides is 4. The molecule has 1 aliphatic heterocycles. The number of nitrogens with one attached hydrogen (secondary N) is 1. The SMILES string of the molecule is O=c1[nH]ncn1-c1ccc(N2CCN(c3ccc(OCC(F)(F)C(F)F)cc3)CC2)cc1. The molecule has 4 rings (SSSR count). The predicted molar refractivity (Wildman–Crippen MR) is 111 cm³/mol.